The zero-order valence-corrected chi connectivity index (χ0v) is 18.0. The number of nitrogens with zero attached hydrogens (tertiary/aromatic N) is 2. The summed E-state index contributed by atoms with van der Waals surface area (Å²) in [5, 5.41) is 2.89. The first-order valence-electron chi connectivity index (χ1n) is 11.0. The minimum atomic E-state index is -0.873. The average Bonchev–Trinajstić information content (AvgIpc) is 3.14. The van der Waals surface area contributed by atoms with Crippen molar-refractivity contribution in [3.05, 3.63) is 53.1 Å². The molecule has 1 aliphatic carbocycles. The van der Waals surface area contributed by atoms with Crippen LogP contribution in [0, 0.1) is 19.7 Å². The number of halogens is 1. The number of para-hydroxylation sites is 1. The number of carbonyl (C=O) groups excluding carboxylic acids is 3. The Labute approximate surface area is 181 Å². The SMILES string of the molecule is Cc1cc(C(=O)CN2C(=O)NC3(CCCCCCC3)C2=O)c(C)n1-c1ccccc1F. The second kappa shape index (κ2) is 8.29. The number of imide groups is 1. The largest absolute Gasteiger partial charge is 0.325 e. The standard InChI is InChI=1S/C24H28FN3O3/c1-16-14-18(17(2)28(16)20-11-7-6-10-19(20)25)21(29)15-27-22(30)24(26-23(27)31)12-8-4-3-5-9-13-24/h6-7,10-11,14H,3-5,8-9,12-13,15H2,1-2H3,(H,26,31). The van der Waals surface area contributed by atoms with Gasteiger partial charge in [-0.25, -0.2) is 9.18 Å². The summed E-state index contributed by atoms with van der Waals surface area (Å²) in [5.41, 5.74) is 1.17. The highest BCUT2D eigenvalue weighted by Gasteiger charge is 2.50. The molecular formula is C24H28FN3O3. The highest BCUT2D eigenvalue weighted by Crippen LogP contribution is 2.32. The molecule has 0 atom stereocenters. The highest BCUT2D eigenvalue weighted by molar-refractivity contribution is 6.11. The van der Waals surface area contributed by atoms with Crippen LogP contribution in [0.1, 0.15) is 66.7 Å². The molecule has 1 aromatic heterocycles. The molecule has 0 unspecified atom stereocenters. The van der Waals surface area contributed by atoms with Crippen LogP contribution in [0.3, 0.4) is 0 Å². The second-order valence-corrected chi connectivity index (χ2v) is 8.67. The molecule has 2 aromatic rings. The summed E-state index contributed by atoms with van der Waals surface area (Å²) in [4.78, 5) is 40.0. The number of ketones is 1. The van der Waals surface area contributed by atoms with Gasteiger partial charge in [0.15, 0.2) is 5.78 Å². The predicted octanol–water partition coefficient (Wildman–Crippen LogP) is 4.45. The van der Waals surface area contributed by atoms with Crippen LogP contribution in [0.25, 0.3) is 5.69 Å². The molecule has 4 rings (SSSR count). The van der Waals surface area contributed by atoms with Crippen molar-refractivity contribution in [3.63, 3.8) is 0 Å². The molecule has 1 N–H and O–H groups in total. The molecule has 6 nitrogen and oxygen atoms in total. The van der Waals surface area contributed by atoms with Crippen LogP contribution in [-0.4, -0.2) is 39.3 Å². The summed E-state index contributed by atoms with van der Waals surface area (Å²) < 4.78 is 16.0. The van der Waals surface area contributed by atoms with Gasteiger partial charge in [0, 0.05) is 17.0 Å². The van der Waals surface area contributed by atoms with Gasteiger partial charge in [0.05, 0.1) is 12.2 Å². The van der Waals surface area contributed by atoms with Crippen molar-refractivity contribution in [3.8, 4) is 5.69 Å². The second-order valence-electron chi connectivity index (χ2n) is 8.67. The van der Waals surface area contributed by atoms with Crippen LogP contribution >= 0.6 is 0 Å². The number of urea groups is 1. The Morgan fingerprint density at radius 2 is 1.71 bits per heavy atom. The Kier molecular flexibility index (Phi) is 5.69. The number of hydrogen-bond donors (Lipinski definition) is 1. The van der Waals surface area contributed by atoms with E-state index >= 15 is 0 Å². The average molecular weight is 426 g/mol. The van der Waals surface area contributed by atoms with Crippen LogP contribution in [0.2, 0.25) is 0 Å². The van der Waals surface area contributed by atoms with Crippen LogP contribution in [0.4, 0.5) is 9.18 Å². The first-order chi connectivity index (χ1) is 14.8. The van der Waals surface area contributed by atoms with Gasteiger partial charge in [0.2, 0.25) is 0 Å². The van der Waals surface area contributed by atoms with Gasteiger partial charge in [-0.1, -0.05) is 44.2 Å². The first-order valence-corrected chi connectivity index (χ1v) is 11.0. The number of aromatic nitrogens is 1. The molecule has 7 heteroatoms. The Balaban J connectivity index is 1.58. The summed E-state index contributed by atoms with van der Waals surface area (Å²) in [6.07, 6.45) is 6.25. The zero-order chi connectivity index (χ0) is 22.2. The quantitative estimate of drug-likeness (QED) is 0.581. The smallest absolute Gasteiger partial charge is 0.323 e. The maximum absolute atomic E-state index is 14.3. The Morgan fingerprint density at radius 3 is 2.39 bits per heavy atom. The zero-order valence-electron chi connectivity index (χ0n) is 18.0. The maximum atomic E-state index is 14.3. The van der Waals surface area contributed by atoms with Gasteiger partial charge in [-0.3, -0.25) is 14.5 Å². The van der Waals surface area contributed by atoms with Crippen molar-refractivity contribution < 1.29 is 18.8 Å². The van der Waals surface area contributed by atoms with E-state index in [4.69, 9.17) is 0 Å². The van der Waals surface area contributed by atoms with E-state index in [9.17, 15) is 18.8 Å². The first kappa shape index (κ1) is 21.3. The Bertz CT molecular complexity index is 1030. The van der Waals surface area contributed by atoms with Crippen molar-refractivity contribution in [2.45, 2.75) is 64.3 Å². The van der Waals surface area contributed by atoms with Crippen molar-refractivity contribution in [2.75, 3.05) is 6.54 Å². The molecule has 1 spiro atoms. The molecule has 2 heterocycles. The van der Waals surface area contributed by atoms with Crippen molar-refractivity contribution in [1.82, 2.24) is 14.8 Å². The molecule has 164 valence electrons. The highest BCUT2D eigenvalue weighted by atomic mass is 19.1. The van der Waals surface area contributed by atoms with E-state index in [1.54, 1.807) is 42.7 Å². The Morgan fingerprint density at radius 1 is 1.06 bits per heavy atom. The van der Waals surface area contributed by atoms with Gasteiger partial charge in [-0.15, -0.1) is 0 Å². The normalized spacial score (nSPS) is 18.7. The van der Waals surface area contributed by atoms with Gasteiger partial charge in [-0.2, -0.15) is 0 Å². The van der Waals surface area contributed by atoms with Gasteiger partial charge in [0.25, 0.3) is 5.91 Å². The van der Waals surface area contributed by atoms with E-state index in [2.05, 4.69) is 5.32 Å². The lowest BCUT2D eigenvalue weighted by Gasteiger charge is -2.28. The van der Waals surface area contributed by atoms with Crippen molar-refractivity contribution in [2.24, 2.45) is 0 Å². The van der Waals surface area contributed by atoms with E-state index in [0.717, 1.165) is 37.0 Å². The molecule has 1 aromatic carbocycles. The third-order valence-corrected chi connectivity index (χ3v) is 6.58. The summed E-state index contributed by atoms with van der Waals surface area (Å²) in [5.74, 6) is -1.01. The molecule has 0 radical (unpaired) electrons. The van der Waals surface area contributed by atoms with Gasteiger partial charge >= 0.3 is 6.03 Å². The summed E-state index contributed by atoms with van der Waals surface area (Å²) in [7, 11) is 0. The summed E-state index contributed by atoms with van der Waals surface area (Å²) in [6, 6.07) is 7.56. The lowest BCUT2D eigenvalue weighted by molar-refractivity contribution is -0.131. The number of hydrogen-bond acceptors (Lipinski definition) is 3. The molecule has 1 saturated heterocycles. The number of Topliss-reactive ketones (excluding diaryl/α,β-unsaturated/α-hetero) is 1. The number of amides is 3. The fourth-order valence-electron chi connectivity index (χ4n) is 4.95. The van der Waals surface area contributed by atoms with E-state index < -0.39 is 11.6 Å². The third kappa shape index (κ3) is 3.77. The monoisotopic (exact) mass is 425 g/mol. The van der Waals surface area contributed by atoms with E-state index in [0.29, 0.717) is 35.5 Å². The fraction of sp³-hybridized carbons (Fsp3) is 0.458. The molecule has 1 saturated carbocycles. The van der Waals surface area contributed by atoms with Gasteiger partial charge < -0.3 is 9.88 Å². The lowest BCUT2D eigenvalue weighted by atomic mass is 9.84. The van der Waals surface area contributed by atoms with Crippen LogP contribution in [0.15, 0.2) is 30.3 Å². The number of benzene rings is 1. The lowest BCUT2D eigenvalue weighted by Crippen LogP contribution is -2.47. The number of nitrogens with one attached hydrogen (secondary N) is 1. The maximum Gasteiger partial charge on any atom is 0.325 e. The van der Waals surface area contributed by atoms with E-state index in [-0.39, 0.29) is 24.1 Å². The summed E-state index contributed by atoms with van der Waals surface area (Å²) in [6.45, 7) is 3.23. The van der Waals surface area contributed by atoms with Crippen molar-refractivity contribution >= 4 is 17.7 Å². The predicted molar refractivity (Wildman–Crippen MR) is 115 cm³/mol. The molecule has 0 bridgehead atoms. The van der Waals surface area contributed by atoms with E-state index in [1.807, 2.05) is 0 Å². The molecule has 1 aliphatic heterocycles. The molecule has 31 heavy (non-hydrogen) atoms. The fourth-order valence-corrected chi connectivity index (χ4v) is 4.95. The summed E-state index contributed by atoms with van der Waals surface area (Å²) >= 11 is 0. The van der Waals surface area contributed by atoms with E-state index in [1.165, 1.54) is 6.07 Å². The van der Waals surface area contributed by atoms with Crippen LogP contribution < -0.4 is 5.32 Å². The third-order valence-electron chi connectivity index (χ3n) is 6.58. The molecular weight excluding hydrogens is 397 g/mol. The van der Waals surface area contributed by atoms with Crippen LogP contribution in [-0.2, 0) is 4.79 Å². The van der Waals surface area contributed by atoms with Crippen LogP contribution in [0.5, 0.6) is 0 Å². The topological polar surface area (TPSA) is 71.4 Å². The minimum absolute atomic E-state index is 0.296. The molecule has 3 amide bonds. The molecule has 2 aliphatic rings. The van der Waals surface area contributed by atoms with Crippen molar-refractivity contribution in [1.29, 1.82) is 0 Å². The van der Waals surface area contributed by atoms with Gasteiger partial charge in [0.1, 0.15) is 11.4 Å². The minimum Gasteiger partial charge on any atom is -0.323 e. The number of aryl methyl sites for hydroxylation is 1. The Hall–Kier alpha value is -2.96. The number of rotatable bonds is 4. The number of carbonyl (C=O) groups is 3. The van der Waals surface area contributed by atoms with Gasteiger partial charge in [-0.05, 0) is 44.9 Å². The molecule has 2 fully saturated rings.